The van der Waals surface area contributed by atoms with Crippen LogP contribution in [0.3, 0.4) is 0 Å². The van der Waals surface area contributed by atoms with Crippen LogP contribution in [0.2, 0.25) is 0 Å². The minimum atomic E-state index is -0.520. The van der Waals surface area contributed by atoms with Gasteiger partial charge in [0.1, 0.15) is 11.6 Å². The maximum Gasteiger partial charge on any atom is 0.410 e. The van der Waals surface area contributed by atoms with E-state index in [1.807, 2.05) is 26.8 Å². The quantitative estimate of drug-likeness (QED) is 0.719. The second kappa shape index (κ2) is 7.70. The molecule has 1 aromatic heterocycles. The number of nitrogens with zero attached hydrogens (tertiary/aromatic N) is 3. The monoisotopic (exact) mass is 375 g/mol. The number of aromatic nitrogens is 2. The number of hydrogen-bond acceptors (Lipinski definition) is 6. The van der Waals surface area contributed by atoms with Crippen LogP contribution < -0.4 is 0 Å². The number of aryl methyl sites for hydroxylation is 1. The molecule has 0 radical (unpaired) electrons. The molecule has 2 heterocycles. The molecule has 0 N–H and O–H groups in total. The molecule has 1 saturated heterocycles. The Morgan fingerprint density at radius 1 is 1.38 bits per heavy atom. The van der Waals surface area contributed by atoms with Gasteiger partial charge < -0.3 is 9.15 Å². The predicted molar refractivity (Wildman–Crippen MR) is 100.0 cm³/mol. The molecule has 2 aromatic rings. The largest absolute Gasteiger partial charge is 0.444 e. The number of rotatable bonds is 4. The van der Waals surface area contributed by atoms with Gasteiger partial charge in [0.2, 0.25) is 5.89 Å². The van der Waals surface area contributed by atoms with Gasteiger partial charge in [0.05, 0.1) is 0 Å². The molecular weight excluding hydrogens is 350 g/mol. The van der Waals surface area contributed by atoms with E-state index in [0.717, 1.165) is 18.6 Å². The van der Waals surface area contributed by atoms with Crippen molar-refractivity contribution in [3.63, 3.8) is 0 Å². The van der Waals surface area contributed by atoms with Crippen LogP contribution in [0.5, 0.6) is 0 Å². The second-order valence-corrected chi connectivity index (χ2v) is 8.44. The highest BCUT2D eigenvalue weighted by molar-refractivity contribution is 7.98. The van der Waals surface area contributed by atoms with Gasteiger partial charge in [-0.2, -0.15) is 0 Å². The summed E-state index contributed by atoms with van der Waals surface area (Å²) in [5.41, 5.74) is 1.92. The molecule has 3 rings (SSSR count). The molecule has 1 atom stereocenters. The maximum atomic E-state index is 12.4. The highest BCUT2D eigenvalue weighted by Gasteiger charge is 2.36. The van der Waals surface area contributed by atoms with Crippen molar-refractivity contribution in [3.8, 4) is 0 Å². The third-order valence-electron chi connectivity index (χ3n) is 4.03. The van der Waals surface area contributed by atoms with E-state index < -0.39 is 5.60 Å². The lowest BCUT2D eigenvalue weighted by Gasteiger charge is -2.27. The van der Waals surface area contributed by atoms with Crippen LogP contribution in [0.15, 0.2) is 33.9 Å². The van der Waals surface area contributed by atoms with Crippen molar-refractivity contribution in [3.05, 3.63) is 41.3 Å². The molecule has 6 nitrogen and oxygen atoms in total. The van der Waals surface area contributed by atoms with Gasteiger partial charge in [-0.1, -0.05) is 41.6 Å². The molecule has 140 valence electrons. The number of carbonyl (C=O) groups excluding carboxylic acids is 1. The number of amides is 1. The Morgan fingerprint density at radius 3 is 2.92 bits per heavy atom. The van der Waals surface area contributed by atoms with Gasteiger partial charge >= 0.3 is 6.09 Å². The number of ether oxygens (including phenoxy) is 1. The molecule has 0 saturated carbocycles. The summed E-state index contributed by atoms with van der Waals surface area (Å²) in [6.45, 7) is 8.31. The van der Waals surface area contributed by atoms with Crippen molar-refractivity contribution in [2.24, 2.45) is 0 Å². The average Bonchev–Trinajstić information content (AvgIpc) is 3.20. The van der Waals surface area contributed by atoms with Gasteiger partial charge in [-0.3, -0.25) is 4.90 Å². The number of thioether (sulfide) groups is 1. The van der Waals surface area contributed by atoms with Crippen LogP contribution in [-0.4, -0.2) is 33.3 Å². The summed E-state index contributed by atoms with van der Waals surface area (Å²) >= 11 is 1.51. The normalized spacial score (nSPS) is 17.5. The summed E-state index contributed by atoms with van der Waals surface area (Å²) in [6, 6.07) is 8.14. The summed E-state index contributed by atoms with van der Waals surface area (Å²) in [7, 11) is 0. The van der Waals surface area contributed by atoms with Gasteiger partial charge in [0.25, 0.3) is 5.22 Å². The van der Waals surface area contributed by atoms with E-state index in [4.69, 9.17) is 9.15 Å². The first-order valence-corrected chi connectivity index (χ1v) is 9.82. The van der Waals surface area contributed by atoms with E-state index in [9.17, 15) is 4.79 Å². The molecule has 26 heavy (non-hydrogen) atoms. The summed E-state index contributed by atoms with van der Waals surface area (Å²) in [4.78, 5) is 14.1. The molecule has 1 amide bonds. The Balaban J connectivity index is 1.63. The zero-order valence-electron chi connectivity index (χ0n) is 15.7. The van der Waals surface area contributed by atoms with Crippen molar-refractivity contribution in [1.82, 2.24) is 15.1 Å². The molecule has 7 heteroatoms. The Morgan fingerprint density at radius 2 is 2.19 bits per heavy atom. The van der Waals surface area contributed by atoms with E-state index in [2.05, 4.69) is 35.3 Å². The highest BCUT2D eigenvalue weighted by Crippen LogP contribution is 2.34. The van der Waals surface area contributed by atoms with Crippen LogP contribution in [0.4, 0.5) is 4.79 Å². The van der Waals surface area contributed by atoms with E-state index >= 15 is 0 Å². The van der Waals surface area contributed by atoms with E-state index in [1.54, 1.807) is 4.90 Å². The maximum absolute atomic E-state index is 12.4. The summed E-state index contributed by atoms with van der Waals surface area (Å²) in [6.07, 6.45) is 1.38. The fourth-order valence-corrected chi connectivity index (χ4v) is 3.64. The van der Waals surface area contributed by atoms with Crippen LogP contribution >= 0.6 is 11.8 Å². The molecule has 1 aliphatic heterocycles. The molecule has 1 fully saturated rings. The van der Waals surface area contributed by atoms with Crippen LogP contribution in [0.1, 0.15) is 56.7 Å². The SMILES string of the molecule is Cc1cccc(CSc2nnc([C@H]3CCCN3C(=O)OC(C)(C)C)o2)c1. The van der Waals surface area contributed by atoms with Crippen LogP contribution in [-0.2, 0) is 10.5 Å². The third-order valence-corrected chi connectivity index (χ3v) is 4.92. The smallest absolute Gasteiger partial charge is 0.410 e. The van der Waals surface area contributed by atoms with Gasteiger partial charge in [-0.25, -0.2) is 4.79 Å². The first-order chi connectivity index (χ1) is 12.3. The van der Waals surface area contributed by atoms with Gasteiger partial charge in [0, 0.05) is 12.3 Å². The zero-order valence-corrected chi connectivity index (χ0v) is 16.5. The Labute approximate surface area is 158 Å². The summed E-state index contributed by atoms with van der Waals surface area (Å²) in [5.74, 6) is 1.25. The Bertz CT molecular complexity index is 769. The molecule has 1 aliphatic rings. The molecule has 0 spiro atoms. The fraction of sp³-hybridized carbons (Fsp3) is 0.526. The van der Waals surface area contributed by atoms with Gasteiger partial charge in [-0.05, 0) is 46.1 Å². The number of benzene rings is 1. The number of likely N-dealkylation sites (tertiary alicyclic amines) is 1. The van der Waals surface area contributed by atoms with Crippen molar-refractivity contribution >= 4 is 17.9 Å². The average molecular weight is 375 g/mol. The molecule has 1 aromatic carbocycles. The lowest BCUT2D eigenvalue weighted by atomic mass is 10.2. The number of carbonyl (C=O) groups is 1. The standard InChI is InChI=1S/C19H25N3O3S/c1-13-7-5-8-14(11-13)12-26-17-21-20-16(24-17)15-9-6-10-22(15)18(23)25-19(2,3)4/h5,7-8,11,15H,6,9-10,12H2,1-4H3/t15-/m1/s1. The molecule has 0 bridgehead atoms. The van der Waals surface area contributed by atoms with E-state index in [0.29, 0.717) is 17.7 Å². The van der Waals surface area contributed by atoms with Gasteiger partial charge in [0.15, 0.2) is 0 Å². The van der Waals surface area contributed by atoms with E-state index in [-0.39, 0.29) is 12.1 Å². The molecule has 0 unspecified atom stereocenters. The van der Waals surface area contributed by atoms with E-state index in [1.165, 1.54) is 22.9 Å². The minimum Gasteiger partial charge on any atom is -0.444 e. The predicted octanol–water partition coefficient (Wildman–Crippen LogP) is 4.74. The lowest BCUT2D eigenvalue weighted by molar-refractivity contribution is 0.0201. The van der Waals surface area contributed by atoms with Crippen molar-refractivity contribution in [2.75, 3.05) is 6.54 Å². The molecular formula is C19H25N3O3S. The minimum absolute atomic E-state index is 0.203. The number of hydrogen-bond donors (Lipinski definition) is 0. The lowest BCUT2D eigenvalue weighted by Crippen LogP contribution is -2.36. The van der Waals surface area contributed by atoms with Crippen molar-refractivity contribution in [1.29, 1.82) is 0 Å². The summed E-state index contributed by atoms with van der Waals surface area (Å²) in [5, 5.41) is 8.83. The highest BCUT2D eigenvalue weighted by atomic mass is 32.2. The third kappa shape index (κ3) is 4.78. The Kier molecular flexibility index (Phi) is 5.55. The van der Waals surface area contributed by atoms with Crippen molar-refractivity contribution in [2.45, 2.75) is 63.2 Å². The van der Waals surface area contributed by atoms with Gasteiger partial charge in [-0.15, -0.1) is 10.2 Å². The second-order valence-electron chi connectivity index (χ2n) is 7.52. The van der Waals surface area contributed by atoms with Crippen molar-refractivity contribution < 1.29 is 13.9 Å². The first-order valence-electron chi connectivity index (χ1n) is 8.83. The van der Waals surface area contributed by atoms with Crippen LogP contribution in [0, 0.1) is 6.92 Å². The molecule has 0 aliphatic carbocycles. The summed E-state index contributed by atoms with van der Waals surface area (Å²) < 4.78 is 11.3. The fourth-order valence-electron chi connectivity index (χ4n) is 2.92. The Hall–Kier alpha value is -2.02. The first kappa shape index (κ1) is 18.8. The zero-order chi connectivity index (χ0) is 18.7. The topological polar surface area (TPSA) is 68.5 Å². The van der Waals surface area contributed by atoms with Crippen LogP contribution in [0.25, 0.3) is 0 Å².